The van der Waals surface area contributed by atoms with Crippen LogP contribution in [0.2, 0.25) is 5.02 Å². The minimum Gasteiger partial charge on any atom is -0.376 e. The molecule has 0 heterocycles. The number of hydrogen-bond acceptors (Lipinski definition) is 3. The van der Waals surface area contributed by atoms with Crippen LogP contribution >= 0.6 is 11.6 Å². The monoisotopic (exact) mass is 333 g/mol. The summed E-state index contributed by atoms with van der Waals surface area (Å²) in [5, 5.41) is 3.67. The van der Waals surface area contributed by atoms with Crippen LogP contribution in [0.1, 0.15) is 11.1 Å². The van der Waals surface area contributed by atoms with Crippen LogP contribution in [0.15, 0.2) is 49.0 Å². The predicted octanol–water partition coefficient (Wildman–Crippen LogP) is 3.49. The fraction of sp³-hybridized carbons (Fsp3) is 0.118. The minimum atomic E-state index is -0.326. The molecule has 0 aliphatic heterocycles. The number of carbonyl (C=O) groups excluding carboxylic acids is 1. The van der Waals surface area contributed by atoms with E-state index in [-0.39, 0.29) is 18.3 Å². The Bertz CT molecular complexity index is 716. The van der Waals surface area contributed by atoms with E-state index in [1.54, 1.807) is 18.2 Å². The summed E-state index contributed by atoms with van der Waals surface area (Å²) in [4.78, 5) is 11.8. The molecular weight excluding hydrogens is 317 g/mol. The summed E-state index contributed by atoms with van der Waals surface area (Å²) in [5.41, 5.74) is 8.18. The first-order valence-electron chi connectivity index (χ1n) is 6.95. The maximum atomic E-state index is 12.8. The molecule has 2 aromatic carbocycles. The fourth-order valence-electron chi connectivity index (χ4n) is 1.91. The van der Waals surface area contributed by atoms with Crippen LogP contribution in [0.5, 0.6) is 0 Å². The van der Waals surface area contributed by atoms with E-state index in [4.69, 9.17) is 11.6 Å². The number of rotatable bonds is 6. The van der Waals surface area contributed by atoms with Gasteiger partial charge in [-0.2, -0.15) is 0 Å². The van der Waals surface area contributed by atoms with Crippen molar-refractivity contribution in [3.05, 3.63) is 71.0 Å². The minimum absolute atomic E-state index is 0.0895. The molecule has 0 aromatic heterocycles. The summed E-state index contributed by atoms with van der Waals surface area (Å²) in [6, 6.07) is 11.2. The lowest BCUT2D eigenvalue weighted by molar-refractivity contribution is -0.120. The summed E-state index contributed by atoms with van der Waals surface area (Å²) in [5.74, 6) is -0.587. The molecule has 0 aliphatic carbocycles. The van der Waals surface area contributed by atoms with Crippen molar-refractivity contribution in [1.82, 2.24) is 10.9 Å². The third-order valence-corrected chi connectivity index (χ3v) is 3.41. The van der Waals surface area contributed by atoms with Crippen molar-refractivity contribution in [3.63, 3.8) is 0 Å². The van der Waals surface area contributed by atoms with Gasteiger partial charge in [0, 0.05) is 10.7 Å². The van der Waals surface area contributed by atoms with Crippen molar-refractivity contribution < 1.29 is 9.18 Å². The van der Waals surface area contributed by atoms with Gasteiger partial charge >= 0.3 is 0 Å². The topological polar surface area (TPSA) is 53.2 Å². The first kappa shape index (κ1) is 16.8. The van der Waals surface area contributed by atoms with Crippen molar-refractivity contribution in [2.75, 3.05) is 11.9 Å². The molecule has 0 radical (unpaired) electrons. The number of halogens is 2. The SMILES string of the molecule is C=C(NNC(=O)CNc1ccc(Cl)cc1C)c1ccc(F)cc1. The van der Waals surface area contributed by atoms with Gasteiger partial charge < -0.3 is 5.32 Å². The van der Waals surface area contributed by atoms with Gasteiger partial charge in [0.25, 0.3) is 5.91 Å². The van der Waals surface area contributed by atoms with Gasteiger partial charge in [-0.3, -0.25) is 15.6 Å². The summed E-state index contributed by atoms with van der Waals surface area (Å²) in [6.07, 6.45) is 0. The van der Waals surface area contributed by atoms with E-state index in [0.717, 1.165) is 11.3 Å². The molecule has 6 heteroatoms. The molecule has 3 N–H and O–H groups in total. The van der Waals surface area contributed by atoms with Crippen LogP contribution < -0.4 is 16.2 Å². The zero-order valence-corrected chi connectivity index (χ0v) is 13.4. The third-order valence-electron chi connectivity index (χ3n) is 3.17. The molecule has 0 atom stereocenters. The van der Waals surface area contributed by atoms with Crippen LogP contribution in [-0.2, 0) is 4.79 Å². The molecule has 0 saturated heterocycles. The Hall–Kier alpha value is -2.53. The molecule has 23 heavy (non-hydrogen) atoms. The van der Waals surface area contributed by atoms with E-state index in [2.05, 4.69) is 22.7 Å². The first-order valence-corrected chi connectivity index (χ1v) is 7.33. The van der Waals surface area contributed by atoms with Crippen LogP contribution in [-0.4, -0.2) is 12.5 Å². The second-order valence-electron chi connectivity index (χ2n) is 4.97. The maximum absolute atomic E-state index is 12.8. The Balaban J connectivity index is 1.81. The first-order chi connectivity index (χ1) is 11.0. The summed E-state index contributed by atoms with van der Waals surface area (Å²) in [6.45, 7) is 5.78. The smallest absolute Gasteiger partial charge is 0.257 e. The van der Waals surface area contributed by atoms with Crippen molar-refractivity contribution >= 4 is 28.9 Å². The van der Waals surface area contributed by atoms with Gasteiger partial charge in [0.05, 0.1) is 12.2 Å². The van der Waals surface area contributed by atoms with Crippen molar-refractivity contribution in [2.24, 2.45) is 0 Å². The lowest BCUT2D eigenvalue weighted by Crippen LogP contribution is -2.39. The lowest BCUT2D eigenvalue weighted by atomic mass is 10.2. The van der Waals surface area contributed by atoms with Crippen LogP contribution in [0.25, 0.3) is 5.70 Å². The Morgan fingerprint density at radius 2 is 1.87 bits per heavy atom. The van der Waals surface area contributed by atoms with Gasteiger partial charge in [-0.15, -0.1) is 0 Å². The highest BCUT2D eigenvalue weighted by molar-refractivity contribution is 6.30. The van der Waals surface area contributed by atoms with E-state index in [9.17, 15) is 9.18 Å². The molecule has 0 saturated carbocycles. The Morgan fingerprint density at radius 3 is 2.52 bits per heavy atom. The molecular formula is C17H17ClFN3O. The van der Waals surface area contributed by atoms with Gasteiger partial charge in [-0.25, -0.2) is 4.39 Å². The number of benzene rings is 2. The second kappa shape index (κ2) is 7.65. The average molecular weight is 334 g/mol. The number of carbonyl (C=O) groups is 1. The van der Waals surface area contributed by atoms with Crippen molar-refractivity contribution in [1.29, 1.82) is 0 Å². The largest absolute Gasteiger partial charge is 0.376 e. The Kier molecular flexibility index (Phi) is 5.60. The van der Waals surface area contributed by atoms with Gasteiger partial charge in [0.1, 0.15) is 5.82 Å². The molecule has 4 nitrogen and oxygen atoms in total. The Labute approximate surface area is 139 Å². The molecule has 0 fully saturated rings. The molecule has 120 valence electrons. The second-order valence-corrected chi connectivity index (χ2v) is 5.41. The number of anilines is 1. The number of hydrazine groups is 1. The molecule has 2 aromatic rings. The molecule has 1 amide bonds. The number of amides is 1. The molecule has 2 rings (SSSR count). The van der Waals surface area contributed by atoms with E-state index >= 15 is 0 Å². The van der Waals surface area contributed by atoms with E-state index in [1.165, 1.54) is 12.1 Å². The third kappa shape index (κ3) is 5.00. The highest BCUT2D eigenvalue weighted by atomic mass is 35.5. The maximum Gasteiger partial charge on any atom is 0.257 e. The standard InChI is InChI=1S/C17H17ClFN3O/c1-11-9-14(18)5-8-16(11)20-10-17(23)22-21-12(2)13-3-6-15(19)7-4-13/h3-9,20-21H,2,10H2,1H3,(H,22,23). The van der Waals surface area contributed by atoms with Crippen molar-refractivity contribution in [3.8, 4) is 0 Å². The van der Waals surface area contributed by atoms with Crippen LogP contribution in [0.4, 0.5) is 10.1 Å². The Morgan fingerprint density at radius 1 is 1.17 bits per heavy atom. The fourth-order valence-corrected chi connectivity index (χ4v) is 2.14. The zero-order chi connectivity index (χ0) is 16.8. The summed E-state index contributed by atoms with van der Waals surface area (Å²) >= 11 is 5.88. The summed E-state index contributed by atoms with van der Waals surface area (Å²) < 4.78 is 12.8. The number of hydrogen-bond donors (Lipinski definition) is 3. The van der Waals surface area contributed by atoms with Crippen LogP contribution in [0, 0.1) is 12.7 Å². The van der Waals surface area contributed by atoms with Gasteiger partial charge in [-0.1, -0.05) is 18.2 Å². The number of nitrogens with one attached hydrogen (secondary N) is 3. The lowest BCUT2D eigenvalue weighted by Gasteiger charge is -2.13. The molecule has 0 unspecified atom stereocenters. The summed E-state index contributed by atoms with van der Waals surface area (Å²) in [7, 11) is 0. The molecule has 0 bridgehead atoms. The van der Waals surface area contributed by atoms with E-state index in [0.29, 0.717) is 16.3 Å². The highest BCUT2D eigenvalue weighted by Gasteiger charge is 2.05. The highest BCUT2D eigenvalue weighted by Crippen LogP contribution is 2.19. The van der Waals surface area contributed by atoms with Gasteiger partial charge in [-0.05, 0) is 60.5 Å². The van der Waals surface area contributed by atoms with Crippen LogP contribution in [0.3, 0.4) is 0 Å². The molecule has 0 spiro atoms. The predicted molar refractivity (Wildman–Crippen MR) is 91.4 cm³/mol. The normalized spacial score (nSPS) is 10.0. The quantitative estimate of drug-likeness (QED) is 0.709. The van der Waals surface area contributed by atoms with E-state index < -0.39 is 0 Å². The van der Waals surface area contributed by atoms with E-state index in [1.807, 2.05) is 19.1 Å². The van der Waals surface area contributed by atoms with Gasteiger partial charge in [0.2, 0.25) is 0 Å². The molecule has 0 aliphatic rings. The van der Waals surface area contributed by atoms with Gasteiger partial charge in [0.15, 0.2) is 0 Å². The average Bonchev–Trinajstić information content (AvgIpc) is 2.52. The number of aryl methyl sites for hydroxylation is 1. The zero-order valence-electron chi connectivity index (χ0n) is 12.6. The van der Waals surface area contributed by atoms with Crippen molar-refractivity contribution in [2.45, 2.75) is 6.92 Å².